The molecule has 0 saturated heterocycles. The largest absolute Gasteiger partial charge is 0.478 e. The van der Waals surface area contributed by atoms with Gasteiger partial charge in [0.15, 0.2) is 5.03 Å². The lowest BCUT2D eigenvalue weighted by Gasteiger charge is -2.18. The van der Waals surface area contributed by atoms with Gasteiger partial charge in [0.2, 0.25) is 0 Å². The molecule has 8 heteroatoms. The second kappa shape index (κ2) is 6.41. The van der Waals surface area contributed by atoms with Gasteiger partial charge in [0.1, 0.15) is 0 Å². The van der Waals surface area contributed by atoms with Crippen molar-refractivity contribution in [3.8, 4) is 0 Å². The van der Waals surface area contributed by atoms with Crippen LogP contribution in [0.2, 0.25) is 0 Å². The van der Waals surface area contributed by atoms with Gasteiger partial charge in [-0.1, -0.05) is 6.08 Å². The number of hydrogen-bond acceptors (Lipinski definition) is 5. The molecule has 0 fully saturated rings. The number of carbonyl (C=O) groups is 1. The summed E-state index contributed by atoms with van der Waals surface area (Å²) in [6.45, 7) is 3.05. The number of hydrogen-bond donors (Lipinski definition) is 2. The summed E-state index contributed by atoms with van der Waals surface area (Å²) in [4.78, 5) is 14.3. The standard InChI is InChI=1S/C11H14N2O5S/c1-2-5-13(6-7-14)19(17,18)10-4-3-9(8-12-10)11(15)16/h2-4,8,14H,1,5-7H2,(H,15,16). The van der Waals surface area contributed by atoms with Crippen molar-refractivity contribution in [1.29, 1.82) is 0 Å². The fraction of sp³-hybridized carbons (Fsp3) is 0.273. The minimum Gasteiger partial charge on any atom is -0.478 e. The summed E-state index contributed by atoms with van der Waals surface area (Å²) in [5, 5.41) is 17.3. The van der Waals surface area contributed by atoms with Gasteiger partial charge in [-0.2, -0.15) is 4.31 Å². The highest BCUT2D eigenvalue weighted by atomic mass is 32.2. The van der Waals surface area contributed by atoms with Gasteiger partial charge in [0.25, 0.3) is 10.0 Å². The Morgan fingerprint density at radius 1 is 1.47 bits per heavy atom. The predicted molar refractivity (Wildman–Crippen MR) is 67.2 cm³/mol. The molecule has 0 aliphatic rings. The van der Waals surface area contributed by atoms with Crippen LogP contribution in [0.5, 0.6) is 0 Å². The Bertz CT molecular complexity index is 553. The summed E-state index contributed by atoms with van der Waals surface area (Å²) in [7, 11) is -3.87. The first-order valence-corrected chi connectivity index (χ1v) is 6.78. The van der Waals surface area contributed by atoms with Crippen LogP contribution in [0.15, 0.2) is 36.0 Å². The summed E-state index contributed by atoms with van der Waals surface area (Å²) in [5.74, 6) is -1.19. The zero-order valence-corrected chi connectivity index (χ0v) is 10.9. The summed E-state index contributed by atoms with van der Waals surface area (Å²) in [5.41, 5.74) is -0.101. The highest BCUT2D eigenvalue weighted by Crippen LogP contribution is 2.13. The topological polar surface area (TPSA) is 108 Å². The first-order chi connectivity index (χ1) is 8.93. The lowest BCUT2D eigenvalue weighted by Crippen LogP contribution is -2.34. The molecule has 0 aromatic carbocycles. The average Bonchev–Trinajstić information content (AvgIpc) is 2.38. The van der Waals surface area contributed by atoms with E-state index in [1.54, 1.807) is 0 Å². The average molecular weight is 286 g/mol. The van der Waals surface area contributed by atoms with E-state index in [1.165, 1.54) is 6.08 Å². The van der Waals surface area contributed by atoms with Gasteiger partial charge >= 0.3 is 5.97 Å². The maximum Gasteiger partial charge on any atom is 0.337 e. The summed E-state index contributed by atoms with van der Waals surface area (Å²) in [6, 6.07) is 2.28. The van der Waals surface area contributed by atoms with Gasteiger partial charge in [-0.3, -0.25) is 0 Å². The minimum atomic E-state index is -3.87. The number of carboxylic acids is 1. The molecule has 0 bridgehead atoms. The third-order valence-electron chi connectivity index (χ3n) is 2.27. The van der Waals surface area contributed by atoms with Crippen molar-refractivity contribution in [3.63, 3.8) is 0 Å². The maximum atomic E-state index is 12.2. The van der Waals surface area contributed by atoms with E-state index in [0.717, 1.165) is 22.6 Å². The Morgan fingerprint density at radius 2 is 2.16 bits per heavy atom. The van der Waals surface area contributed by atoms with Crippen LogP contribution in [0.3, 0.4) is 0 Å². The third-order valence-corrected chi connectivity index (χ3v) is 4.05. The van der Waals surface area contributed by atoms with Crippen LogP contribution >= 0.6 is 0 Å². The number of pyridine rings is 1. The Labute approximate surface area is 110 Å². The fourth-order valence-electron chi connectivity index (χ4n) is 1.36. The summed E-state index contributed by atoms with van der Waals surface area (Å²) >= 11 is 0. The van der Waals surface area contributed by atoms with E-state index in [1.807, 2.05) is 0 Å². The highest BCUT2D eigenvalue weighted by molar-refractivity contribution is 7.89. The molecule has 1 heterocycles. The van der Waals surface area contributed by atoms with Crippen molar-refractivity contribution in [2.45, 2.75) is 5.03 Å². The SMILES string of the molecule is C=CCN(CCO)S(=O)(=O)c1ccc(C(=O)O)cn1. The molecule has 0 amide bonds. The minimum absolute atomic E-state index is 0.0330. The van der Waals surface area contributed by atoms with E-state index >= 15 is 0 Å². The summed E-state index contributed by atoms with van der Waals surface area (Å²) < 4.78 is 25.3. The van der Waals surface area contributed by atoms with E-state index in [0.29, 0.717) is 0 Å². The number of rotatable bonds is 7. The zero-order chi connectivity index (χ0) is 14.5. The number of aliphatic hydroxyl groups excluding tert-OH is 1. The van der Waals surface area contributed by atoms with E-state index in [2.05, 4.69) is 11.6 Å². The molecular weight excluding hydrogens is 272 g/mol. The number of sulfonamides is 1. The van der Waals surface area contributed by atoms with Crippen LogP contribution in [0.1, 0.15) is 10.4 Å². The van der Waals surface area contributed by atoms with Crippen LogP contribution in [0, 0.1) is 0 Å². The fourth-order valence-corrected chi connectivity index (χ4v) is 2.67. The number of aromatic carboxylic acids is 1. The van der Waals surface area contributed by atoms with Crippen molar-refractivity contribution in [2.75, 3.05) is 19.7 Å². The molecule has 0 radical (unpaired) electrons. The molecule has 7 nitrogen and oxygen atoms in total. The number of aromatic nitrogens is 1. The monoisotopic (exact) mass is 286 g/mol. The molecule has 0 spiro atoms. The van der Waals surface area contributed by atoms with Gasteiger partial charge in [-0.15, -0.1) is 6.58 Å². The van der Waals surface area contributed by atoms with Crippen molar-refractivity contribution in [1.82, 2.24) is 9.29 Å². The first kappa shape index (κ1) is 15.3. The summed E-state index contributed by atoms with van der Waals surface area (Å²) in [6.07, 6.45) is 2.36. The Morgan fingerprint density at radius 3 is 2.58 bits per heavy atom. The molecule has 0 aliphatic heterocycles. The van der Waals surface area contributed by atoms with E-state index in [9.17, 15) is 13.2 Å². The first-order valence-electron chi connectivity index (χ1n) is 5.34. The molecule has 104 valence electrons. The van der Waals surface area contributed by atoms with Gasteiger partial charge in [-0.25, -0.2) is 18.2 Å². The molecule has 0 saturated carbocycles. The normalized spacial score (nSPS) is 11.5. The quantitative estimate of drug-likeness (QED) is 0.680. The molecule has 0 atom stereocenters. The van der Waals surface area contributed by atoms with Gasteiger partial charge in [0.05, 0.1) is 12.2 Å². The van der Waals surface area contributed by atoms with Crippen LogP contribution in [0.25, 0.3) is 0 Å². The Kier molecular flexibility index (Phi) is 5.16. The zero-order valence-electron chi connectivity index (χ0n) is 10.1. The molecule has 0 aliphatic carbocycles. The second-order valence-electron chi connectivity index (χ2n) is 3.57. The van der Waals surface area contributed by atoms with E-state index < -0.39 is 16.0 Å². The number of aliphatic hydroxyl groups is 1. The van der Waals surface area contributed by atoms with E-state index in [-0.39, 0.29) is 30.3 Å². The third kappa shape index (κ3) is 3.60. The van der Waals surface area contributed by atoms with Crippen LogP contribution in [-0.2, 0) is 10.0 Å². The van der Waals surface area contributed by atoms with Gasteiger partial charge < -0.3 is 10.2 Å². The van der Waals surface area contributed by atoms with Crippen molar-refractivity contribution in [3.05, 3.63) is 36.5 Å². The lowest BCUT2D eigenvalue weighted by atomic mass is 10.3. The van der Waals surface area contributed by atoms with Crippen LogP contribution in [0.4, 0.5) is 0 Å². The molecule has 2 N–H and O–H groups in total. The molecule has 1 aromatic rings. The molecule has 1 aromatic heterocycles. The predicted octanol–water partition coefficient (Wildman–Crippen LogP) is -0.0512. The molecule has 19 heavy (non-hydrogen) atoms. The van der Waals surface area contributed by atoms with Crippen LogP contribution < -0.4 is 0 Å². The van der Waals surface area contributed by atoms with Gasteiger partial charge in [-0.05, 0) is 12.1 Å². The smallest absolute Gasteiger partial charge is 0.337 e. The van der Waals surface area contributed by atoms with Gasteiger partial charge in [0, 0.05) is 19.3 Å². The molecule has 0 unspecified atom stereocenters. The number of carboxylic acid groups (broad SMARTS) is 1. The van der Waals surface area contributed by atoms with Crippen molar-refractivity contribution in [2.24, 2.45) is 0 Å². The molecule has 1 rings (SSSR count). The van der Waals surface area contributed by atoms with Crippen molar-refractivity contribution < 1.29 is 23.4 Å². The number of nitrogens with zero attached hydrogens (tertiary/aromatic N) is 2. The Hall–Kier alpha value is -1.77. The van der Waals surface area contributed by atoms with E-state index in [4.69, 9.17) is 10.2 Å². The highest BCUT2D eigenvalue weighted by Gasteiger charge is 2.24. The second-order valence-corrected chi connectivity index (χ2v) is 5.45. The van der Waals surface area contributed by atoms with Crippen molar-refractivity contribution >= 4 is 16.0 Å². The lowest BCUT2D eigenvalue weighted by molar-refractivity contribution is 0.0696. The van der Waals surface area contributed by atoms with Crippen LogP contribution in [-0.4, -0.2) is 53.6 Å². The molecular formula is C11H14N2O5S. The maximum absolute atomic E-state index is 12.2. The Balaban J connectivity index is 3.10.